The minimum atomic E-state index is 0.453. The van der Waals surface area contributed by atoms with Crippen LogP contribution in [0, 0.1) is 25.7 Å². The molecule has 2 rings (SSSR count). The van der Waals surface area contributed by atoms with Crippen molar-refractivity contribution in [1.29, 1.82) is 0 Å². The van der Waals surface area contributed by atoms with Crippen LogP contribution in [0.5, 0.6) is 0 Å². The van der Waals surface area contributed by atoms with Crippen molar-refractivity contribution in [2.45, 2.75) is 40.5 Å². The van der Waals surface area contributed by atoms with Crippen molar-refractivity contribution >= 4 is 11.1 Å². The number of fused-ring (bicyclic) bond motifs is 1. The van der Waals surface area contributed by atoms with Gasteiger partial charge < -0.3 is 10.2 Å². The number of nitrogens with zero attached hydrogens (tertiary/aromatic N) is 1. The highest BCUT2D eigenvalue weighted by molar-refractivity contribution is 5.77. The summed E-state index contributed by atoms with van der Waals surface area (Å²) in [6, 6.07) is 4.21. The van der Waals surface area contributed by atoms with Crippen molar-refractivity contribution in [1.82, 2.24) is 4.98 Å². The van der Waals surface area contributed by atoms with Crippen LogP contribution in [0.4, 0.5) is 0 Å². The zero-order valence-corrected chi connectivity index (χ0v) is 12.4. The van der Waals surface area contributed by atoms with E-state index < -0.39 is 0 Å². The molecule has 1 aromatic heterocycles. The minimum Gasteiger partial charge on any atom is -0.440 e. The third-order valence-corrected chi connectivity index (χ3v) is 3.47. The first-order valence-electron chi connectivity index (χ1n) is 7.06. The fraction of sp³-hybridized carbons (Fsp3) is 0.562. The molecule has 0 aliphatic heterocycles. The van der Waals surface area contributed by atoms with Gasteiger partial charge in [-0.15, -0.1) is 0 Å². The number of benzene rings is 1. The zero-order chi connectivity index (χ0) is 14.0. The van der Waals surface area contributed by atoms with Crippen molar-refractivity contribution in [2.24, 2.45) is 17.6 Å². The maximum Gasteiger partial charge on any atom is 0.195 e. The van der Waals surface area contributed by atoms with E-state index in [1.165, 1.54) is 5.56 Å². The molecule has 0 radical (unpaired) electrons. The van der Waals surface area contributed by atoms with Gasteiger partial charge in [-0.3, -0.25) is 0 Å². The lowest BCUT2D eigenvalue weighted by atomic mass is 9.94. The van der Waals surface area contributed by atoms with Crippen LogP contribution < -0.4 is 5.73 Å². The van der Waals surface area contributed by atoms with Crippen LogP contribution in [0.15, 0.2) is 16.5 Å². The number of aryl methyl sites for hydroxylation is 2. The number of aromatic nitrogens is 1. The molecule has 1 aromatic carbocycles. The Kier molecular flexibility index (Phi) is 4.25. The highest BCUT2D eigenvalue weighted by atomic mass is 16.3. The Balaban J connectivity index is 2.23. The van der Waals surface area contributed by atoms with Crippen molar-refractivity contribution < 1.29 is 4.42 Å². The Morgan fingerprint density at radius 1 is 1.26 bits per heavy atom. The van der Waals surface area contributed by atoms with Gasteiger partial charge in [-0.05, 0) is 55.8 Å². The van der Waals surface area contributed by atoms with Crippen molar-refractivity contribution in [3.63, 3.8) is 0 Å². The molecule has 3 nitrogen and oxygen atoms in total. The Bertz CT molecular complexity index is 557. The monoisotopic (exact) mass is 260 g/mol. The molecule has 0 amide bonds. The first-order chi connectivity index (χ1) is 8.99. The molecule has 1 heterocycles. The smallest absolute Gasteiger partial charge is 0.195 e. The van der Waals surface area contributed by atoms with Crippen LogP contribution in [0.25, 0.3) is 11.1 Å². The molecule has 0 aliphatic carbocycles. The van der Waals surface area contributed by atoms with E-state index in [0.29, 0.717) is 18.4 Å². The predicted octanol–water partition coefficient (Wildman–Crippen LogP) is 3.61. The van der Waals surface area contributed by atoms with E-state index in [2.05, 4.69) is 44.8 Å². The molecular weight excluding hydrogens is 236 g/mol. The van der Waals surface area contributed by atoms with Crippen LogP contribution in [0.2, 0.25) is 0 Å². The second-order valence-electron chi connectivity index (χ2n) is 5.97. The molecule has 2 N–H and O–H groups in total. The summed E-state index contributed by atoms with van der Waals surface area (Å²) in [5.41, 5.74) is 10.1. The van der Waals surface area contributed by atoms with E-state index in [1.807, 2.05) is 0 Å². The van der Waals surface area contributed by atoms with Gasteiger partial charge in [0.1, 0.15) is 5.52 Å². The largest absolute Gasteiger partial charge is 0.440 e. The summed E-state index contributed by atoms with van der Waals surface area (Å²) in [7, 11) is 0. The molecule has 0 fully saturated rings. The van der Waals surface area contributed by atoms with Gasteiger partial charge in [0, 0.05) is 6.42 Å². The molecule has 19 heavy (non-hydrogen) atoms. The van der Waals surface area contributed by atoms with Gasteiger partial charge >= 0.3 is 0 Å². The maximum atomic E-state index is 5.90. The third-order valence-electron chi connectivity index (χ3n) is 3.47. The summed E-state index contributed by atoms with van der Waals surface area (Å²) in [5, 5.41) is 0. The summed E-state index contributed by atoms with van der Waals surface area (Å²) >= 11 is 0. The Hall–Kier alpha value is -1.35. The molecule has 0 spiro atoms. The first-order valence-corrected chi connectivity index (χ1v) is 7.06. The topological polar surface area (TPSA) is 52.0 Å². The molecule has 104 valence electrons. The number of hydrogen-bond acceptors (Lipinski definition) is 3. The molecule has 0 aliphatic rings. The summed E-state index contributed by atoms with van der Waals surface area (Å²) in [5.74, 6) is 1.93. The quantitative estimate of drug-likeness (QED) is 0.893. The Morgan fingerprint density at radius 3 is 2.63 bits per heavy atom. The van der Waals surface area contributed by atoms with Gasteiger partial charge in [0.25, 0.3) is 0 Å². The number of oxazole rings is 1. The lowest BCUT2D eigenvalue weighted by Crippen LogP contribution is -2.18. The highest BCUT2D eigenvalue weighted by Crippen LogP contribution is 2.24. The molecule has 0 bridgehead atoms. The fourth-order valence-electron chi connectivity index (χ4n) is 2.69. The maximum absolute atomic E-state index is 5.90. The highest BCUT2D eigenvalue weighted by Gasteiger charge is 2.15. The number of rotatable bonds is 5. The van der Waals surface area contributed by atoms with E-state index >= 15 is 0 Å². The van der Waals surface area contributed by atoms with Gasteiger partial charge in [-0.2, -0.15) is 0 Å². The van der Waals surface area contributed by atoms with Crippen molar-refractivity contribution in [3.8, 4) is 0 Å². The summed E-state index contributed by atoms with van der Waals surface area (Å²) in [6.45, 7) is 9.29. The molecule has 2 aromatic rings. The van der Waals surface area contributed by atoms with E-state index in [-0.39, 0.29) is 0 Å². The van der Waals surface area contributed by atoms with Crippen LogP contribution in [0.3, 0.4) is 0 Å². The van der Waals surface area contributed by atoms with Crippen LogP contribution in [-0.4, -0.2) is 11.5 Å². The van der Waals surface area contributed by atoms with Crippen LogP contribution in [-0.2, 0) is 6.42 Å². The van der Waals surface area contributed by atoms with Gasteiger partial charge in [0.05, 0.1) is 0 Å². The van der Waals surface area contributed by atoms with Gasteiger partial charge in [0.2, 0.25) is 0 Å². The predicted molar refractivity (Wildman–Crippen MR) is 79.2 cm³/mol. The average molecular weight is 260 g/mol. The van der Waals surface area contributed by atoms with E-state index in [1.54, 1.807) is 0 Å². The Morgan fingerprint density at radius 2 is 2.00 bits per heavy atom. The normalized spacial score (nSPS) is 13.4. The number of hydrogen-bond donors (Lipinski definition) is 1. The van der Waals surface area contributed by atoms with Gasteiger partial charge in [0.15, 0.2) is 11.5 Å². The molecule has 0 saturated carbocycles. The van der Waals surface area contributed by atoms with Crippen LogP contribution >= 0.6 is 0 Å². The second-order valence-corrected chi connectivity index (χ2v) is 5.97. The molecule has 3 heteroatoms. The van der Waals surface area contributed by atoms with Gasteiger partial charge in [-0.1, -0.05) is 19.9 Å². The molecule has 1 unspecified atom stereocenters. The van der Waals surface area contributed by atoms with E-state index in [4.69, 9.17) is 10.2 Å². The first kappa shape index (κ1) is 14.1. The Labute approximate surface area is 115 Å². The molecule has 0 saturated heterocycles. The molecular formula is C16H24N2O. The third kappa shape index (κ3) is 3.35. The summed E-state index contributed by atoms with van der Waals surface area (Å²) in [4.78, 5) is 4.61. The van der Waals surface area contributed by atoms with Crippen LogP contribution in [0.1, 0.15) is 37.3 Å². The standard InChI is InChI=1S/C16H24N2O/c1-10(2)5-13(9-17)8-15-18-14-7-11(3)6-12(4)16(14)19-15/h6-7,10,13H,5,8-9,17H2,1-4H3. The zero-order valence-electron chi connectivity index (χ0n) is 12.4. The van der Waals surface area contributed by atoms with Crippen molar-refractivity contribution in [2.75, 3.05) is 6.54 Å². The minimum absolute atomic E-state index is 0.453. The number of nitrogens with two attached hydrogens (primary N) is 1. The lowest BCUT2D eigenvalue weighted by molar-refractivity contribution is 0.380. The summed E-state index contributed by atoms with van der Waals surface area (Å²) < 4.78 is 5.90. The fourth-order valence-corrected chi connectivity index (χ4v) is 2.69. The van der Waals surface area contributed by atoms with E-state index in [0.717, 1.165) is 35.4 Å². The van der Waals surface area contributed by atoms with Gasteiger partial charge in [-0.25, -0.2) is 4.98 Å². The summed E-state index contributed by atoms with van der Waals surface area (Å²) in [6.07, 6.45) is 1.95. The van der Waals surface area contributed by atoms with E-state index in [9.17, 15) is 0 Å². The van der Waals surface area contributed by atoms with Crippen molar-refractivity contribution in [3.05, 3.63) is 29.2 Å². The average Bonchev–Trinajstić information content (AvgIpc) is 2.70. The second kappa shape index (κ2) is 5.74. The molecule has 1 atom stereocenters. The SMILES string of the molecule is Cc1cc(C)c2oc(CC(CN)CC(C)C)nc2c1. The lowest BCUT2D eigenvalue weighted by Gasteiger charge is -2.14.